The first kappa shape index (κ1) is 37.7. The van der Waals surface area contributed by atoms with Crippen LogP contribution in [0.1, 0.15) is 63.7 Å². The minimum Gasteiger partial charge on any atom is -0.507 e. The zero-order valence-electron chi connectivity index (χ0n) is 30.6. The molecule has 11 N–H and O–H groups in total. The number of anilines is 4. The predicted molar refractivity (Wildman–Crippen MR) is 208 cm³/mol. The highest BCUT2D eigenvalue weighted by Gasteiger charge is 2.48. The third-order valence-corrected chi connectivity index (χ3v) is 10.5. The zero-order chi connectivity index (χ0) is 40.1. The maximum Gasteiger partial charge on any atom is 0.200 e. The standard InChI is InChI=1S/C40H41N7O10/c48-15-13-41-9-11-43-19-1-3-21(31-29(19)37(54)33-23(50)5-7-25(52)35(33)39(31)56)46-17-27(46)45-28-18-47(28)22-4-2-20(44-12-10-42-14-16-49)30-32(22)40(57)36-26(53)8-6-24(51)34(36)38(30)55/h1-8,27-28,41-45,48-53H,9-18H2. The molecule has 0 spiro atoms. The van der Waals surface area contributed by atoms with Crippen LogP contribution in [0.15, 0.2) is 48.5 Å². The molecule has 0 amide bonds. The average molecular weight is 780 g/mol. The summed E-state index contributed by atoms with van der Waals surface area (Å²) in [6, 6.07) is 11.5. The number of fused-ring (bicyclic) bond motifs is 4. The molecule has 296 valence electrons. The molecule has 2 aliphatic carbocycles. The van der Waals surface area contributed by atoms with Crippen LogP contribution in [0.5, 0.6) is 23.0 Å². The molecular weight excluding hydrogens is 738 g/mol. The number of benzene rings is 4. The number of rotatable bonds is 16. The van der Waals surface area contributed by atoms with Crippen LogP contribution in [0, 0.1) is 0 Å². The molecule has 0 aromatic heterocycles. The van der Waals surface area contributed by atoms with Crippen LogP contribution < -0.4 is 36.4 Å². The van der Waals surface area contributed by atoms with E-state index in [0.717, 1.165) is 0 Å². The predicted octanol–water partition coefficient (Wildman–Crippen LogP) is 0.629. The highest BCUT2D eigenvalue weighted by Crippen LogP contribution is 2.47. The van der Waals surface area contributed by atoms with Gasteiger partial charge in [-0.05, 0) is 48.5 Å². The zero-order valence-corrected chi connectivity index (χ0v) is 30.6. The van der Waals surface area contributed by atoms with Gasteiger partial charge in [0, 0.05) is 50.6 Å². The Balaban J connectivity index is 1.07. The normalized spacial score (nSPS) is 17.6. The van der Waals surface area contributed by atoms with Crippen LogP contribution in [0.2, 0.25) is 0 Å². The first-order chi connectivity index (χ1) is 27.6. The molecule has 17 heteroatoms. The van der Waals surface area contributed by atoms with Crippen molar-refractivity contribution in [3.63, 3.8) is 0 Å². The van der Waals surface area contributed by atoms with E-state index in [1.54, 1.807) is 24.3 Å². The van der Waals surface area contributed by atoms with Gasteiger partial charge < -0.3 is 61.7 Å². The molecule has 2 saturated heterocycles. The van der Waals surface area contributed by atoms with E-state index in [0.29, 0.717) is 75.1 Å². The number of carbonyl (C=O) groups excluding carboxylic acids is 4. The lowest BCUT2D eigenvalue weighted by atomic mass is 9.81. The Morgan fingerprint density at radius 3 is 1.16 bits per heavy atom. The maximum absolute atomic E-state index is 14.1. The minimum absolute atomic E-state index is 0.0418. The van der Waals surface area contributed by atoms with Gasteiger partial charge in [0.1, 0.15) is 23.0 Å². The SMILES string of the molecule is O=C1c2c(O)ccc(O)c2C(=O)c2c(N3CC3NC3CN3c3ccc(NCCNCCO)c4c3C(=O)c3c(O)ccc(O)c3C4=O)ccc(NCCNCCO)c21. The molecule has 57 heavy (non-hydrogen) atoms. The van der Waals surface area contributed by atoms with Crippen molar-refractivity contribution in [2.45, 2.75) is 12.3 Å². The smallest absolute Gasteiger partial charge is 0.200 e. The van der Waals surface area contributed by atoms with Crippen molar-refractivity contribution in [2.75, 3.05) is 86.0 Å². The Kier molecular flexibility index (Phi) is 9.92. The van der Waals surface area contributed by atoms with E-state index in [-0.39, 0.29) is 70.1 Å². The summed E-state index contributed by atoms with van der Waals surface area (Å²) in [6.45, 7) is 3.20. The summed E-state index contributed by atoms with van der Waals surface area (Å²) in [5, 5.41) is 76.8. The fourth-order valence-corrected chi connectivity index (χ4v) is 7.77. The van der Waals surface area contributed by atoms with Gasteiger partial charge in [0.2, 0.25) is 23.1 Å². The molecule has 4 aromatic carbocycles. The topological polar surface area (TPSA) is 256 Å². The van der Waals surface area contributed by atoms with Crippen LogP contribution in [-0.2, 0) is 0 Å². The molecule has 0 radical (unpaired) electrons. The van der Waals surface area contributed by atoms with Crippen LogP contribution >= 0.6 is 0 Å². The van der Waals surface area contributed by atoms with Gasteiger partial charge in [-0.15, -0.1) is 0 Å². The second kappa shape index (κ2) is 15.0. The van der Waals surface area contributed by atoms with E-state index < -0.39 is 46.1 Å². The molecular formula is C40H41N7O10. The van der Waals surface area contributed by atoms with Gasteiger partial charge >= 0.3 is 0 Å². The molecule has 2 fully saturated rings. The van der Waals surface area contributed by atoms with Crippen molar-refractivity contribution < 1.29 is 49.8 Å². The second-order valence-corrected chi connectivity index (χ2v) is 14.1. The summed E-state index contributed by atoms with van der Waals surface area (Å²) in [6.07, 6.45) is -0.621. The van der Waals surface area contributed by atoms with E-state index in [9.17, 15) is 39.6 Å². The Morgan fingerprint density at radius 1 is 0.456 bits per heavy atom. The number of phenolic OH excluding ortho intramolecular Hbond substituents is 4. The number of nitrogens with zero attached hydrogens (tertiary/aromatic N) is 2. The van der Waals surface area contributed by atoms with Crippen molar-refractivity contribution in [2.24, 2.45) is 0 Å². The third kappa shape index (κ3) is 6.54. The average Bonchev–Trinajstić information content (AvgIpc) is 4.14. The largest absolute Gasteiger partial charge is 0.507 e. The Bertz CT molecular complexity index is 2190. The molecule has 4 aliphatic rings. The molecule has 2 unspecified atom stereocenters. The number of ketones is 4. The van der Waals surface area contributed by atoms with E-state index in [2.05, 4.69) is 26.6 Å². The van der Waals surface area contributed by atoms with Crippen molar-refractivity contribution in [3.8, 4) is 23.0 Å². The van der Waals surface area contributed by atoms with E-state index in [1.807, 2.05) is 9.80 Å². The first-order valence-electron chi connectivity index (χ1n) is 18.6. The van der Waals surface area contributed by atoms with Crippen molar-refractivity contribution >= 4 is 45.9 Å². The Labute approximate surface area is 325 Å². The summed E-state index contributed by atoms with van der Waals surface area (Å²) >= 11 is 0. The van der Waals surface area contributed by atoms with Gasteiger partial charge in [0.15, 0.2) is 0 Å². The van der Waals surface area contributed by atoms with Crippen molar-refractivity contribution in [3.05, 3.63) is 93.0 Å². The number of hydrogen-bond acceptors (Lipinski definition) is 17. The second-order valence-electron chi connectivity index (χ2n) is 14.1. The van der Waals surface area contributed by atoms with E-state index in [1.165, 1.54) is 24.3 Å². The first-order valence-corrected chi connectivity index (χ1v) is 18.6. The van der Waals surface area contributed by atoms with E-state index in [4.69, 9.17) is 10.2 Å². The lowest BCUT2D eigenvalue weighted by Crippen LogP contribution is -2.31. The molecule has 17 nitrogen and oxygen atoms in total. The summed E-state index contributed by atoms with van der Waals surface area (Å²) in [5.41, 5.74) is 0.803. The number of phenols is 4. The Hall–Kier alpha value is -6.24. The number of aliphatic hydroxyl groups excluding tert-OH is 2. The van der Waals surface area contributed by atoms with Crippen LogP contribution in [0.4, 0.5) is 22.7 Å². The lowest BCUT2D eigenvalue weighted by molar-refractivity contribution is 0.0975. The highest BCUT2D eigenvalue weighted by atomic mass is 16.3. The van der Waals surface area contributed by atoms with E-state index >= 15 is 0 Å². The summed E-state index contributed by atoms with van der Waals surface area (Å²) in [4.78, 5) is 60.0. The van der Waals surface area contributed by atoms with Gasteiger partial charge in [-0.3, -0.25) is 24.5 Å². The molecule has 0 bridgehead atoms. The highest BCUT2D eigenvalue weighted by molar-refractivity contribution is 6.34. The van der Waals surface area contributed by atoms with Crippen molar-refractivity contribution in [1.82, 2.24) is 16.0 Å². The van der Waals surface area contributed by atoms with Gasteiger partial charge in [-0.25, -0.2) is 0 Å². The fourth-order valence-electron chi connectivity index (χ4n) is 7.77. The minimum atomic E-state index is -0.621. The summed E-state index contributed by atoms with van der Waals surface area (Å²) in [7, 11) is 0. The van der Waals surface area contributed by atoms with Gasteiger partial charge in [0.25, 0.3) is 0 Å². The molecule has 2 atom stereocenters. The van der Waals surface area contributed by atoms with Gasteiger partial charge in [-0.2, -0.15) is 0 Å². The molecule has 8 rings (SSSR count). The van der Waals surface area contributed by atoms with Crippen molar-refractivity contribution in [1.29, 1.82) is 0 Å². The molecule has 2 heterocycles. The summed E-state index contributed by atoms with van der Waals surface area (Å²) in [5.74, 6) is -4.19. The number of aliphatic hydroxyl groups is 2. The Morgan fingerprint density at radius 2 is 0.807 bits per heavy atom. The van der Waals surface area contributed by atoms with Gasteiger partial charge in [0.05, 0.1) is 94.5 Å². The monoisotopic (exact) mass is 779 g/mol. The van der Waals surface area contributed by atoms with Crippen LogP contribution in [0.25, 0.3) is 0 Å². The lowest BCUT2D eigenvalue weighted by Gasteiger charge is -2.25. The maximum atomic E-state index is 14.1. The molecule has 4 aromatic rings. The third-order valence-electron chi connectivity index (χ3n) is 10.5. The number of carbonyl (C=O) groups is 4. The fraction of sp³-hybridized carbons (Fsp3) is 0.300. The number of nitrogens with one attached hydrogen (secondary N) is 5. The summed E-state index contributed by atoms with van der Waals surface area (Å²) < 4.78 is 0. The number of hydrogen-bond donors (Lipinski definition) is 11. The molecule has 2 aliphatic heterocycles. The van der Waals surface area contributed by atoms with Crippen LogP contribution in [-0.4, -0.2) is 132 Å². The van der Waals surface area contributed by atoms with Crippen LogP contribution in [0.3, 0.4) is 0 Å². The van der Waals surface area contributed by atoms with Gasteiger partial charge in [-0.1, -0.05) is 0 Å². The molecule has 0 saturated carbocycles. The number of aromatic hydroxyl groups is 4. The quantitative estimate of drug-likeness (QED) is 0.0366.